The third-order valence-corrected chi connectivity index (χ3v) is 6.78. The second kappa shape index (κ2) is 11.0. The fourth-order valence-electron chi connectivity index (χ4n) is 4.81. The van der Waals surface area contributed by atoms with Crippen molar-refractivity contribution in [1.82, 2.24) is 10.2 Å². The van der Waals surface area contributed by atoms with Gasteiger partial charge in [-0.1, -0.05) is 18.9 Å². The molecule has 2 aliphatic rings. The molecule has 34 heavy (non-hydrogen) atoms. The van der Waals surface area contributed by atoms with Crippen LogP contribution < -0.4 is 21.3 Å². The Hall–Kier alpha value is -2.97. The molecule has 4 N–H and O–H groups in total. The van der Waals surface area contributed by atoms with Crippen molar-refractivity contribution in [1.29, 1.82) is 0 Å². The quantitative estimate of drug-likeness (QED) is 0.607. The van der Waals surface area contributed by atoms with Crippen molar-refractivity contribution in [2.45, 2.75) is 51.2 Å². The third-order valence-electron chi connectivity index (χ3n) is 6.78. The maximum Gasteiger partial charge on any atom is 0.251 e. The lowest BCUT2D eigenvalue weighted by molar-refractivity contribution is -0.114. The molecule has 0 aromatic heterocycles. The van der Waals surface area contributed by atoms with Crippen LogP contribution in [0.4, 0.5) is 15.8 Å². The molecule has 1 heterocycles. The molecule has 2 atom stereocenters. The van der Waals surface area contributed by atoms with E-state index in [1.54, 1.807) is 6.07 Å². The van der Waals surface area contributed by atoms with Crippen LogP contribution in [-0.4, -0.2) is 55.0 Å². The van der Waals surface area contributed by atoms with Crippen molar-refractivity contribution >= 4 is 23.2 Å². The number of nitrogens with two attached hydrogens (primary N) is 1. The molecule has 2 unspecified atom stereocenters. The number of amides is 2. The minimum Gasteiger partial charge on any atom is -0.369 e. The van der Waals surface area contributed by atoms with Gasteiger partial charge in [-0.2, -0.15) is 0 Å². The third kappa shape index (κ3) is 6.12. The zero-order chi connectivity index (χ0) is 24.1. The highest BCUT2D eigenvalue weighted by atomic mass is 19.1. The number of nitrogens with zero attached hydrogens (tertiary/aromatic N) is 2. The minimum absolute atomic E-state index is 0.0115. The number of carbonyl (C=O) groups excluding carboxylic acids is 2. The minimum atomic E-state index is -0.230. The van der Waals surface area contributed by atoms with Crippen LogP contribution >= 0.6 is 0 Å². The summed E-state index contributed by atoms with van der Waals surface area (Å²) in [4.78, 5) is 29.3. The van der Waals surface area contributed by atoms with Gasteiger partial charge in [-0.05, 0) is 54.8 Å². The summed E-state index contributed by atoms with van der Waals surface area (Å²) < 4.78 is 13.2. The monoisotopic (exact) mass is 467 g/mol. The van der Waals surface area contributed by atoms with Crippen LogP contribution in [0.25, 0.3) is 0 Å². The summed E-state index contributed by atoms with van der Waals surface area (Å²) in [6.07, 6.45) is 4.00. The molecule has 2 amide bonds. The molecule has 182 valence electrons. The Balaban J connectivity index is 1.40. The van der Waals surface area contributed by atoms with Crippen LogP contribution in [0.15, 0.2) is 42.5 Å². The first-order valence-corrected chi connectivity index (χ1v) is 12.1. The van der Waals surface area contributed by atoms with E-state index in [1.807, 2.05) is 24.3 Å². The largest absolute Gasteiger partial charge is 0.369 e. The number of piperazine rings is 1. The van der Waals surface area contributed by atoms with Gasteiger partial charge in [-0.25, -0.2) is 4.39 Å². The van der Waals surface area contributed by atoms with Crippen molar-refractivity contribution in [3.8, 4) is 0 Å². The van der Waals surface area contributed by atoms with E-state index in [0.717, 1.165) is 63.1 Å². The van der Waals surface area contributed by atoms with Gasteiger partial charge >= 0.3 is 0 Å². The van der Waals surface area contributed by atoms with Gasteiger partial charge in [0.25, 0.3) is 5.91 Å². The zero-order valence-electron chi connectivity index (χ0n) is 19.7. The maximum atomic E-state index is 13.2. The van der Waals surface area contributed by atoms with Crippen LogP contribution in [0.2, 0.25) is 0 Å². The van der Waals surface area contributed by atoms with Gasteiger partial charge in [0.2, 0.25) is 5.91 Å². The van der Waals surface area contributed by atoms with Crippen molar-refractivity contribution < 1.29 is 14.0 Å². The van der Waals surface area contributed by atoms with Crippen molar-refractivity contribution in [2.75, 3.05) is 36.4 Å². The Labute approximate surface area is 200 Å². The Morgan fingerprint density at radius 2 is 1.74 bits per heavy atom. The number of hydrogen-bond donors (Lipinski definition) is 3. The van der Waals surface area contributed by atoms with Gasteiger partial charge in [-0.15, -0.1) is 0 Å². The fourth-order valence-corrected chi connectivity index (χ4v) is 4.81. The lowest BCUT2D eigenvalue weighted by Gasteiger charge is -2.36. The van der Waals surface area contributed by atoms with E-state index < -0.39 is 0 Å². The second-order valence-electron chi connectivity index (χ2n) is 9.32. The van der Waals surface area contributed by atoms with Gasteiger partial charge in [0.05, 0.1) is 0 Å². The number of hydrogen-bond acceptors (Lipinski definition) is 5. The summed E-state index contributed by atoms with van der Waals surface area (Å²) in [5.41, 5.74) is 9.36. The summed E-state index contributed by atoms with van der Waals surface area (Å²) >= 11 is 0. The Kier molecular flexibility index (Phi) is 7.80. The fraction of sp³-hybridized carbons (Fsp3) is 0.462. The first-order chi connectivity index (χ1) is 16.4. The molecule has 4 rings (SSSR count). The number of benzene rings is 2. The first kappa shape index (κ1) is 24.2. The molecule has 2 aromatic carbocycles. The highest BCUT2D eigenvalue weighted by Gasteiger charge is 2.24. The van der Waals surface area contributed by atoms with Gasteiger partial charge in [0.15, 0.2) is 0 Å². The number of anilines is 2. The number of halogens is 1. The molecule has 2 fully saturated rings. The molecular weight excluding hydrogens is 433 g/mol. The Bertz CT molecular complexity index is 1000. The lowest BCUT2D eigenvalue weighted by atomic mass is 9.91. The second-order valence-corrected chi connectivity index (χ2v) is 9.32. The van der Waals surface area contributed by atoms with E-state index in [0.29, 0.717) is 17.8 Å². The average Bonchev–Trinajstić information content (AvgIpc) is 2.82. The van der Waals surface area contributed by atoms with Gasteiger partial charge in [-0.3, -0.25) is 14.5 Å². The topological polar surface area (TPSA) is 90.7 Å². The van der Waals surface area contributed by atoms with Crippen LogP contribution in [0.3, 0.4) is 0 Å². The van der Waals surface area contributed by atoms with Gasteiger partial charge in [0, 0.05) is 68.7 Å². The molecule has 0 bridgehead atoms. The molecule has 7 nitrogen and oxygen atoms in total. The summed E-state index contributed by atoms with van der Waals surface area (Å²) in [7, 11) is 0. The lowest BCUT2D eigenvalue weighted by Crippen LogP contribution is -2.49. The highest BCUT2D eigenvalue weighted by molar-refractivity contribution is 5.97. The van der Waals surface area contributed by atoms with Gasteiger partial charge in [0.1, 0.15) is 5.82 Å². The van der Waals surface area contributed by atoms with Crippen LogP contribution in [0.5, 0.6) is 0 Å². The number of nitrogens with one attached hydrogen (secondary N) is 2. The normalized spacial score (nSPS) is 21.2. The van der Waals surface area contributed by atoms with E-state index in [2.05, 4.69) is 20.4 Å². The predicted molar refractivity (Wildman–Crippen MR) is 132 cm³/mol. The van der Waals surface area contributed by atoms with E-state index in [-0.39, 0.29) is 29.7 Å². The molecular formula is C26H34FN5O2. The van der Waals surface area contributed by atoms with E-state index in [4.69, 9.17) is 5.73 Å². The molecule has 8 heteroatoms. The molecule has 0 spiro atoms. The van der Waals surface area contributed by atoms with Crippen LogP contribution in [0, 0.1) is 5.82 Å². The first-order valence-electron chi connectivity index (χ1n) is 12.1. The molecule has 0 radical (unpaired) electrons. The maximum absolute atomic E-state index is 13.2. The standard InChI is InChI=1S/C26H34FN5O2/c1-18(33)29-25-16-19(26(34)30-24-5-3-2-4-23(24)28)6-7-20(25)17-31-12-14-32(15-13-31)22-10-8-21(27)9-11-22/h6-11,16,23-24H,2-5,12-15,17,28H2,1H3,(H,29,33)(H,30,34). The van der Waals surface area contributed by atoms with E-state index in [1.165, 1.54) is 19.1 Å². The van der Waals surface area contributed by atoms with Crippen molar-refractivity contribution in [3.05, 3.63) is 59.4 Å². The van der Waals surface area contributed by atoms with E-state index in [9.17, 15) is 14.0 Å². The van der Waals surface area contributed by atoms with E-state index >= 15 is 0 Å². The molecule has 1 aliphatic carbocycles. The average molecular weight is 468 g/mol. The van der Waals surface area contributed by atoms with Crippen molar-refractivity contribution in [2.24, 2.45) is 5.73 Å². The Morgan fingerprint density at radius 3 is 2.41 bits per heavy atom. The summed E-state index contributed by atoms with van der Waals surface area (Å²) in [5.74, 6) is -0.561. The molecule has 1 saturated carbocycles. The SMILES string of the molecule is CC(=O)Nc1cc(C(=O)NC2CCCCC2N)ccc1CN1CCN(c2ccc(F)cc2)CC1. The Morgan fingerprint density at radius 1 is 1.03 bits per heavy atom. The molecule has 1 saturated heterocycles. The molecule has 2 aromatic rings. The van der Waals surface area contributed by atoms with Crippen LogP contribution in [-0.2, 0) is 11.3 Å². The summed E-state index contributed by atoms with van der Waals surface area (Å²) in [6.45, 7) is 5.51. The van der Waals surface area contributed by atoms with Crippen LogP contribution in [0.1, 0.15) is 48.5 Å². The van der Waals surface area contributed by atoms with Crippen molar-refractivity contribution in [3.63, 3.8) is 0 Å². The smallest absolute Gasteiger partial charge is 0.251 e. The molecule has 1 aliphatic heterocycles. The number of rotatable bonds is 6. The predicted octanol–water partition coefficient (Wildman–Crippen LogP) is 3.11. The summed E-state index contributed by atoms with van der Waals surface area (Å²) in [5, 5.41) is 5.97. The zero-order valence-corrected chi connectivity index (χ0v) is 19.7. The highest BCUT2D eigenvalue weighted by Crippen LogP contribution is 2.23. The summed E-state index contributed by atoms with van der Waals surface area (Å²) in [6, 6.07) is 12.1. The number of carbonyl (C=O) groups is 2. The van der Waals surface area contributed by atoms with Gasteiger partial charge < -0.3 is 21.3 Å².